The van der Waals surface area contributed by atoms with Gasteiger partial charge in [0.2, 0.25) is 5.91 Å². The summed E-state index contributed by atoms with van der Waals surface area (Å²) in [7, 11) is 1.51. The van der Waals surface area contributed by atoms with E-state index in [-0.39, 0.29) is 11.7 Å². The number of rotatable bonds is 16. The molecule has 4 nitrogen and oxygen atoms in total. The molecule has 0 saturated carbocycles. The average molecular weight is 446 g/mol. The summed E-state index contributed by atoms with van der Waals surface area (Å²) >= 11 is 0. The molecule has 0 fully saturated rings. The molecule has 0 saturated heterocycles. The Morgan fingerprint density at radius 1 is 1.00 bits per heavy atom. The van der Waals surface area contributed by atoms with Crippen LogP contribution in [0.25, 0.3) is 0 Å². The highest BCUT2D eigenvalue weighted by Crippen LogP contribution is 2.26. The SMILES string of the molecule is COc1cc(CNC(=O)/C=C(\C)CCC[C@H](C)CCC[C@H](C)CCCC(C)C)ccc1O. The van der Waals surface area contributed by atoms with Crippen molar-refractivity contribution in [1.82, 2.24) is 5.32 Å². The van der Waals surface area contributed by atoms with Crippen LogP contribution in [-0.2, 0) is 11.3 Å². The fourth-order valence-corrected chi connectivity index (χ4v) is 4.08. The summed E-state index contributed by atoms with van der Waals surface area (Å²) < 4.78 is 5.11. The summed E-state index contributed by atoms with van der Waals surface area (Å²) in [6, 6.07) is 5.10. The first-order valence-electron chi connectivity index (χ1n) is 12.5. The van der Waals surface area contributed by atoms with Crippen molar-refractivity contribution in [3.8, 4) is 11.5 Å². The van der Waals surface area contributed by atoms with Gasteiger partial charge in [-0.15, -0.1) is 0 Å². The Morgan fingerprint density at radius 2 is 1.59 bits per heavy atom. The van der Waals surface area contributed by atoms with Crippen molar-refractivity contribution in [1.29, 1.82) is 0 Å². The van der Waals surface area contributed by atoms with E-state index in [4.69, 9.17) is 4.74 Å². The van der Waals surface area contributed by atoms with Crippen molar-refractivity contribution < 1.29 is 14.6 Å². The van der Waals surface area contributed by atoms with E-state index >= 15 is 0 Å². The van der Waals surface area contributed by atoms with E-state index in [0.717, 1.165) is 41.7 Å². The Kier molecular flexibility index (Phi) is 13.8. The minimum atomic E-state index is -0.0750. The number of amides is 1. The number of ether oxygens (including phenoxy) is 1. The van der Waals surface area contributed by atoms with E-state index in [9.17, 15) is 9.90 Å². The lowest BCUT2D eigenvalue weighted by molar-refractivity contribution is -0.116. The molecule has 32 heavy (non-hydrogen) atoms. The third-order valence-corrected chi connectivity index (χ3v) is 6.23. The fraction of sp³-hybridized carbons (Fsp3) is 0.679. The van der Waals surface area contributed by atoms with Gasteiger partial charge in [0, 0.05) is 12.6 Å². The van der Waals surface area contributed by atoms with Gasteiger partial charge in [0.25, 0.3) is 0 Å². The van der Waals surface area contributed by atoms with Gasteiger partial charge in [-0.3, -0.25) is 4.79 Å². The van der Waals surface area contributed by atoms with Gasteiger partial charge in [0.1, 0.15) is 0 Å². The van der Waals surface area contributed by atoms with E-state index in [2.05, 4.69) is 33.0 Å². The van der Waals surface area contributed by atoms with Crippen LogP contribution < -0.4 is 10.1 Å². The number of hydrogen-bond donors (Lipinski definition) is 2. The molecule has 0 unspecified atom stereocenters. The molecule has 2 N–H and O–H groups in total. The Bertz CT molecular complexity index is 696. The number of nitrogens with one attached hydrogen (secondary N) is 1. The fourth-order valence-electron chi connectivity index (χ4n) is 4.08. The Balaban J connectivity index is 2.20. The zero-order chi connectivity index (χ0) is 23.9. The lowest BCUT2D eigenvalue weighted by Gasteiger charge is -2.15. The third kappa shape index (κ3) is 12.8. The van der Waals surface area contributed by atoms with Crippen LogP contribution in [0.2, 0.25) is 0 Å². The molecule has 0 radical (unpaired) electrons. The van der Waals surface area contributed by atoms with Crippen LogP contribution in [0.1, 0.15) is 98.0 Å². The van der Waals surface area contributed by atoms with Gasteiger partial charge in [-0.1, -0.05) is 84.3 Å². The predicted octanol–water partition coefficient (Wildman–Crippen LogP) is 7.40. The van der Waals surface area contributed by atoms with Gasteiger partial charge in [0.05, 0.1) is 7.11 Å². The van der Waals surface area contributed by atoms with Crippen LogP contribution in [-0.4, -0.2) is 18.1 Å². The molecular weight excluding hydrogens is 398 g/mol. The second-order valence-corrected chi connectivity index (χ2v) is 10.1. The molecule has 1 aromatic rings. The van der Waals surface area contributed by atoms with Crippen molar-refractivity contribution >= 4 is 5.91 Å². The van der Waals surface area contributed by atoms with Crippen molar-refractivity contribution in [2.24, 2.45) is 17.8 Å². The number of phenolic OH excluding ortho intramolecular Hbond substituents is 1. The maximum Gasteiger partial charge on any atom is 0.244 e. The number of aromatic hydroxyl groups is 1. The van der Waals surface area contributed by atoms with Crippen molar-refractivity contribution in [3.05, 3.63) is 35.4 Å². The number of allylic oxidation sites excluding steroid dienone is 1. The summed E-state index contributed by atoms with van der Waals surface area (Å²) in [5, 5.41) is 12.6. The number of hydrogen-bond acceptors (Lipinski definition) is 3. The first-order chi connectivity index (χ1) is 15.2. The smallest absolute Gasteiger partial charge is 0.244 e. The lowest BCUT2D eigenvalue weighted by Crippen LogP contribution is -2.20. The van der Waals surface area contributed by atoms with Crippen molar-refractivity contribution in [3.63, 3.8) is 0 Å². The Labute approximate surface area is 196 Å². The van der Waals surface area contributed by atoms with E-state index in [0.29, 0.717) is 12.3 Å². The van der Waals surface area contributed by atoms with Gasteiger partial charge in [-0.05, 0) is 55.2 Å². The predicted molar refractivity (Wildman–Crippen MR) is 135 cm³/mol. The maximum atomic E-state index is 12.2. The quantitative estimate of drug-likeness (QED) is 0.261. The second-order valence-electron chi connectivity index (χ2n) is 10.1. The lowest BCUT2D eigenvalue weighted by atomic mass is 9.91. The third-order valence-electron chi connectivity index (χ3n) is 6.23. The van der Waals surface area contributed by atoms with E-state index in [1.165, 1.54) is 52.1 Å². The van der Waals surface area contributed by atoms with Crippen LogP contribution in [0, 0.1) is 17.8 Å². The van der Waals surface area contributed by atoms with Gasteiger partial charge in [0.15, 0.2) is 11.5 Å². The van der Waals surface area contributed by atoms with Crippen LogP contribution >= 0.6 is 0 Å². The largest absolute Gasteiger partial charge is 0.504 e. The molecule has 0 aromatic heterocycles. The van der Waals surface area contributed by atoms with Crippen LogP contribution in [0.5, 0.6) is 11.5 Å². The van der Waals surface area contributed by atoms with E-state index in [1.54, 1.807) is 24.3 Å². The summed E-state index contributed by atoms with van der Waals surface area (Å²) in [4.78, 5) is 12.2. The molecule has 0 aliphatic carbocycles. The standard InChI is InChI=1S/C28H47NO3/c1-21(2)10-7-11-22(3)12-8-13-23(4)14-9-15-24(5)18-28(31)29-20-25-16-17-26(30)27(19-25)32-6/h16-19,21-23,30H,7-15,20H2,1-6H3,(H,29,31)/b24-18+/t22-,23-/m1/s1. The molecule has 182 valence electrons. The van der Waals surface area contributed by atoms with E-state index in [1.807, 2.05) is 6.92 Å². The summed E-state index contributed by atoms with van der Waals surface area (Å²) in [5.41, 5.74) is 2.01. The monoisotopic (exact) mass is 445 g/mol. The number of benzene rings is 1. The number of phenols is 1. The van der Waals surface area contributed by atoms with Crippen LogP contribution in [0.4, 0.5) is 0 Å². The molecule has 1 aromatic carbocycles. The maximum absolute atomic E-state index is 12.2. The van der Waals surface area contributed by atoms with Crippen LogP contribution in [0.15, 0.2) is 29.8 Å². The highest BCUT2D eigenvalue weighted by molar-refractivity contribution is 5.88. The topological polar surface area (TPSA) is 58.6 Å². The molecule has 0 spiro atoms. The molecule has 2 atom stereocenters. The first-order valence-corrected chi connectivity index (χ1v) is 12.5. The Morgan fingerprint density at radius 3 is 2.19 bits per heavy atom. The number of carbonyl (C=O) groups excluding carboxylic acids is 1. The summed E-state index contributed by atoms with van der Waals surface area (Å²) in [6.45, 7) is 11.8. The van der Waals surface area contributed by atoms with E-state index < -0.39 is 0 Å². The zero-order valence-electron chi connectivity index (χ0n) is 21.4. The first kappa shape index (κ1) is 28.1. The zero-order valence-corrected chi connectivity index (χ0v) is 21.4. The second kappa shape index (κ2) is 15.8. The van der Waals surface area contributed by atoms with Crippen molar-refractivity contribution in [2.45, 2.75) is 99.0 Å². The molecule has 0 aliphatic heterocycles. The molecular formula is C28H47NO3. The highest BCUT2D eigenvalue weighted by Gasteiger charge is 2.08. The summed E-state index contributed by atoms with van der Waals surface area (Å²) in [5.74, 6) is 2.88. The molecule has 1 rings (SSSR count). The van der Waals surface area contributed by atoms with Crippen molar-refractivity contribution in [2.75, 3.05) is 7.11 Å². The molecule has 0 aliphatic rings. The van der Waals surface area contributed by atoms with Gasteiger partial charge in [-0.2, -0.15) is 0 Å². The minimum Gasteiger partial charge on any atom is -0.504 e. The summed E-state index contributed by atoms with van der Waals surface area (Å²) in [6.07, 6.45) is 13.1. The number of carbonyl (C=O) groups is 1. The minimum absolute atomic E-state index is 0.0750. The van der Waals surface area contributed by atoms with Gasteiger partial charge >= 0.3 is 0 Å². The molecule has 0 bridgehead atoms. The Hall–Kier alpha value is -1.97. The normalized spacial score (nSPS) is 13.8. The average Bonchev–Trinajstić information content (AvgIpc) is 2.72. The number of methoxy groups -OCH3 is 1. The molecule has 0 heterocycles. The van der Waals surface area contributed by atoms with Gasteiger partial charge < -0.3 is 15.2 Å². The highest BCUT2D eigenvalue weighted by atomic mass is 16.5. The van der Waals surface area contributed by atoms with Crippen LogP contribution in [0.3, 0.4) is 0 Å². The molecule has 4 heteroatoms. The molecule has 1 amide bonds. The van der Waals surface area contributed by atoms with Gasteiger partial charge in [-0.25, -0.2) is 0 Å².